The van der Waals surface area contributed by atoms with Crippen LogP contribution in [-0.2, 0) is 4.74 Å². The minimum Gasteiger partial charge on any atom is -0.493 e. The predicted octanol–water partition coefficient (Wildman–Crippen LogP) is 4.86. The standard InChI is InChI=1S/C23H25ClFN3O4/c1-13-12-31-14(2)11-28(13)22(29)16-8-18-21(20(9-16)30-3)32-23(26-18)27-19(10-25)15-5-4-6-17(24)7-15/h4-9,13-14,19H,10-12H2,1-3H3,(H,26,27). The van der Waals surface area contributed by atoms with Crippen LogP contribution in [0.2, 0.25) is 5.02 Å². The Morgan fingerprint density at radius 3 is 2.91 bits per heavy atom. The molecule has 2 aromatic carbocycles. The molecule has 0 saturated carbocycles. The van der Waals surface area contributed by atoms with Crippen molar-refractivity contribution in [2.24, 2.45) is 0 Å². The van der Waals surface area contributed by atoms with Crippen LogP contribution in [0.15, 0.2) is 40.8 Å². The summed E-state index contributed by atoms with van der Waals surface area (Å²) in [6.45, 7) is 4.19. The van der Waals surface area contributed by atoms with E-state index in [2.05, 4.69) is 10.3 Å². The second kappa shape index (κ2) is 9.34. The summed E-state index contributed by atoms with van der Waals surface area (Å²) in [7, 11) is 1.49. The molecule has 0 spiro atoms. The van der Waals surface area contributed by atoms with Gasteiger partial charge in [-0.3, -0.25) is 4.79 Å². The van der Waals surface area contributed by atoms with Crippen molar-refractivity contribution in [2.45, 2.75) is 32.0 Å². The molecule has 1 N–H and O–H groups in total. The van der Waals surface area contributed by atoms with Gasteiger partial charge in [0.05, 0.1) is 31.9 Å². The minimum absolute atomic E-state index is 0.0345. The van der Waals surface area contributed by atoms with Gasteiger partial charge in [0.15, 0.2) is 11.3 Å². The van der Waals surface area contributed by atoms with Crippen molar-refractivity contribution in [2.75, 3.05) is 32.3 Å². The smallest absolute Gasteiger partial charge is 0.296 e. The number of amides is 1. The lowest BCUT2D eigenvalue weighted by atomic mass is 10.1. The number of anilines is 1. The number of nitrogens with zero attached hydrogens (tertiary/aromatic N) is 2. The molecule has 3 atom stereocenters. The van der Waals surface area contributed by atoms with Crippen LogP contribution in [0.3, 0.4) is 0 Å². The fourth-order valence-electron chi connectivity index (χ4n) is 3.77. The number of carbonyl (C=O) groups excluding carboxylic acids is 1. The molecule has 1 aliphatic rings. The molecule has 1 fully saturated rings. The van der Waals surface area contributed by atoms with Gasteiger partial charge in [-0.25, -0.2) is 4.39 Å². The van der Waals surface area contributed by atoms with Crippen molar-refractivity contribution in [1.29, 1.82) is 0 Å². The lowest BCUT2D eigenvalue weighted by molar-refractivity contribution is -0.0387. The average molecular weight is 462 g/mol. The fraction of sp³-hybridized carbons (Fsp3) is 0.391. The van der Waals surface area contributed by atoms with E-state index < -0.39 is 12.7 Å². The number of alkyl halides is 1. The number of methoxy groups -OCH3 is 1. The number of carbonyl (C=O) groups is 1. The highest BCUT2D eigenvalue weighted by Gasteiger charge is 2.29. The summed E-state index contributed by atoms with van der Waals surface area (Å²) in [5, 5.41) is 3.47. The van der Waals surface area contributed by atoms with E-state index in [-0.39, 0.29) is 24.1 Å². The lowest BCUT2D eigenvalue weighted by Gasteiger charge is -2.36. The first-order valence-corrected chi connectivity index (χ1v) is 10.8. The first kappa shape index (κ1) is 22.4. The Kier molecular flexibility index (Phi) is 6.53. The number of aromatic nitrogens is 1. The topological polar surface area (TPSA) is 76.8 Å². The molecule has 32 heavy (non-hydrogen) atoms. The highest BCUT2D eigenvalue weighted by molar-refractivity contribution is 6.30. The SMILES string of the molecule is COc1cc(C(=O)N2CC(C)OCC2C)cc2nc(NC(CF)c3cccc(Cl)c3)oc12. The summed E-state index contributed by atoms with van der Waals surface area (Å²) in [5.41, 5.74) is 1.92. The summed E-state index contributed by atoms with van der Waals surface area (Å²) < 4.78 is 30.6. The molecule has 0 radical (unpaired) electrons. The second-order valence-electron chi connectivity index (χ2n) is 7.90. The van der Waals surface area contributed by atoms with Crippen LogP contribution in [0.25, 0.3) is 11.1 Å². The maximum atomic E-state index is 13.7. The first-order chi connectivity index (χ1) is 15.4. The second-order valence-corrected chi connectivity index (χ2v) is 8.34. The van der Waals surface area contributed by atoms with Gasteiger partial charge >= 0.3 is 0 Å². The largest absolute Gasteiger partial charge is 0.493 e. The van der Waals surface area contributed by atoms with Crippen LogP contribution in [-0.4, -0.2) is 54.9 Å². The quantitative estimate of drug-likeness (QED) is 0.564. The number of rotatable bonds is 6. The van der Waals surface area contributed by atoms with E-state index in [0.29, 0.717) is 46.2 Å². The lowest BCUT2D eigenvalue weighted by Crippen LogP contribution is -2.50. The van der Waals surface area contributed by atoms with E-state index >= 15 is 0 Å². The fourth-order valence-corrected chi connectivity index (χ4v) is 3.97. The molecule has 4 rings (SSSR count). The maximum absolute atomic E-state index is 13.7. The predicted molar refractivity (Wildman–Crippen MR) is 120 cm³/mol. The minimum atomic E-state index is -0.690. The van der Waals surface area contributed by atoms with E-state index in [1.807, 2.05) is 13.8 Å². The number of nitrogens with one attached hydrogen (secondary N) is 1. The Morgan fingerprint density at radius 2 is 2.19 bits per heavy atom. The van der Waals surface area contributed by atoms with Gasteiger partial charge in [0.2, 0.25) is 0 Å². The maximum Gasteiger partial charge on any atom is 0.296 e. The molecule has 0 bridgehead atoms. The van der Waals surface area contributed by atoms with Crippen LogP contribution in [0, 0.1) is 0 Å². The summed E-state index contributed by atoms with van der Waals surface area (Å²) in [6.07, 6.45) is -0.0345. The van der Waals surface area contributed by atoms with Crippen LogP contribution >= 0.6 is 11.6 Å². The van der Waals surface area contributed by atoms with Gasteiger partial charge in [-0.15, -0.1) is 0 Å². The summed E-state index contributed by atoms with van der Waals surface area (Å²) in [5.74, 6) is 0.242. The third-order valence-electron chi connectivity index (χ3n) is 5.49. The van der Waals surface area contributed by atoms with Crippen LogP contribution in [0.4, 0.5) is 10.4 Å². The molecular formula is C23H25ClFN3O4. The van der Waals surface area contributed by atoms with Crippen LogP contribution < -0.4 is 10.1 Å². The number of halogens is 2. The van der Waals surface area contributed by atoms with Crippen molar-refractivity contribution >= 4 is 34.6 Å². The van der Waals surface area contributed by atoms with Crippen LogP contribution in [0.1, 0.15) is 35.8 Å². The normalized spacial score (nSPS) is 19.7. The Hall–Kier alpha value is -2.84. The molecule has 2 heterocycles. The van der Waals surface area contributed by atoms with Gasteiger partial charge in [-0.05, 0) is 43.7 Å². The zero-order valence-electron chi connectivity index (χ0n) is 18.1. The third kappa shape index (κ3) is 4.52. The number of hydrogen-bond acceptors (Lipinski definition) is 6. The zero-order chi connectivity index (χ0) is 22.8. The van der Waals surface area contributed by atoms with Crippen molar-refractivity contribution in [3.8, 4) is 5.75 Å². The molecule has 0 aliphatic carbocycles. The summed E-state index contributed by atoms with van der Waals surface area (Å²) >= 11 is 6.03. The first-order valence-electron chi connectivity index (χ1n) is 10.4. The summed E-state index contributed by atoms with van der Waals surface area (Å²) in [6, 6.07) is 9.61. The molecule has 1 aromatic heterocycles. The Labute approximate surface area is 190 Å². The molecule has 9 heteroatoms. The molecule has 1 saturated heterocycles. The van der Waals surface area contributed by atoms with E-state index in [0.717, 1.165) is 0 Å². The highest BCUT2D eigenvalue weighted by atomic mass is 35.5. The Bertz CT molecular complexity index is 1120. The highest BCUT2D eigenvalue weighted by Crippen LogP contribution is 2.32. The van der Waals surface area contributed by atoms with Crippen LogP contribution in [0.5, 0.6) is 5.75 Å². The number of fused-ring (bicyclic) bond motifs is 1. The van der Waals surface area contributed by atoms with E-state index in [1.165, 1.54) is 7.11 Å². The molecule has 3 unspecified atom stereocenters. The number of benzene rings is 2. The zero-order valence-corrected chi connectivity index (χ0v) is 18.9. The number of oxazole rings is 1. The van der Waals surface area contributed by atoms with Crippen molar-refractivity contribution in [3.63, 3.8) is 0 Å². The van der Waals surface area contributed by atoms with Gasteiger partial charge in [0, 0.05) is 17.1 Å². The van der Waals surface area contributed by atoms with Gasteiger partial charge in [0.1, 0.15) is 12.2 Å². The number of morpholine rings is 1. The van der Waals surface area contributed by atoms with E-state index in [4.69, 9.17) is 25.5 Å². The number of hydrogen-bond donors (Lipinski definition) is 1. The van der Waals surface area contributed by atoms with Crippen molar-refractivity contribution in [3.05, 3.63) is 52.5 Å². The van der Waals surface area contributed by atoms with Gasteiger partial charge in [0.25, 0.3) is 11.9 Å². The van der Waals surface area contributed by atoms with Gasteiger partial charge in [-0.1, -0.05) is 23.7 Å². The van der Waals surface area contributed by atoms with Gasteiger partial charge < -0.3 is 24.1 Å². The third-order valence-corrected chi connectivity index (χ3v) is 5.73. The Balaban J connectivity index is 1.64. The molecule has 170 valence electrons. The molecule has 1 amide bonds. The monoisotopic (exact) mass is 461 g/mol. The van der Waals surface area contributed by atoms with Crippen molar-refractivity contribution < 1.29 is 23.1 Å². The van der Waals surface area contributed by atoms with Crippen molar-refractivity contribution in [1.82, 2.24) is 9.88 Å². The van der Waals surface area contributed by atoms with E-state index in [9.17, 15) is 9.18 Å². The Morgan fingerprint density at radius 1 is 1.38 bits per heavy atom. The van der Waals surface area contributed by atoms with Gasteiger partial charge in [-0.2, -0.15) is 4.98 Å². The molecular weight excluding hydrogens is 437 g/mol. The summed E-state index contributed by atoms with van der Waals surface area (Å²) in [4.78, 5) is 19.4. The molecule has 1 aliphatic heterocycles. The average Bonchev–Trinajstić information content (AvgIpc) is 3.20. The molecule has 7 nitrogen and oxygen atoms in total. The van der Waals surface area contributed by atoms with E-state index in [1.54, 1.807) is 41.3 Å². The number of ether oxygens (including phenoxy) is 2. The molecule has 3 aromatic rings.